The molecular formula is C14H22O. The van der Waals surface area contributed by atoms with Crippen molar-refractivity contribution >= 4 is 0 Å². The van der Waals surface area contributed by atoms with Gasteiger partial charge in [0.05, 0.1) is 0 Å². The highest BCUT2D eigenvalue weighted by Crippen LogP contribution is 2.15. The third-order valence-corrected chi connectivity index (χ3v) is 1.82. The fraction of sp³-hybridized carbons (Fsp3) is 0.429. The van der Waals surface area contributed by atoms with Crippen molar-refractivity contribution < 1.29 is 4.74 Å². The van der Waals surface area contributed by atoms with Gasteiger partial charge < -0.3 is 4.74 Å². The molecule has 0 rings (SSSR count). The highest BCUT2D eigenvalue weighted by atomic mass is 16.5. The number of hydrogen-bond acceptors (Lipinski definition) is 1. The van der Waals surface area contributed by atoms with E-state index >= 15 is 0 Å². The molecule has 0 bridgehead atoms. The molecule has 0 fully saturated rings. The number of hydrogen-bond donors (Lipinski definition) is 0. The smallest absolute Gasteiger partial charge is 0.103 e. The summed E-state index contributed by atoms with van der Waals surface area (Å²) in [6, 6.07) is 0. The lowest BCUT2D eigenvalue weighted by molar-refractivity contribution is 0.288. The first-order chi connectivity index (χ1) is 7.28. The summed E-state index contributed by atoms with van der Waals surface area (Å²) in [6.07, 6.45) is 11.4. The van der Waals surface area contributed by atoms with Gasteiger partial charge in [-0.05, 0) is 25.0 Å². The molecule has 1 nitrogen and oxygen atoms in total. The van der Waals surface area contributed by atoms with Gasteiger partial charge in [0.15, 0.2) is 0 Å². The highest BCUT2D eigenvalue weighted by molar-refractivity contribution is 5.06. The third kappa shape index (κ3) is 6.78. The van der Waals surface area contributed by atoms with Gasteiger partial charge in [-0.15, -0.1) is 13.2 Å². The Bertz CT molecular complexity index is 220. The predicted molar refractivity (Wildman–Crippen MR) is 67.5 cm³/mol. The molecule has 0 aromatic rings. The molecule has 0 unspecified atom stereocenters. The Morgan fingerprint density at radius 2 is 1.33 bits per heavy atom. The maximum atomic E-state index is 5.79. The van der Waals surface area contributed by atoms with Gasteiger partial charge in [0.1, 0.15) is 11.5 Å². The Labute approximate surface area is 93.8 Å². The van der Waals surface area contributed by atoms with E-state index in [1.807, 2.05) is 12.2 Å². The van der Waals surface area contributed by atoms with Crippen LogP contribution in [0.2, 0.25) is 0 Å². The largest absolute Gasteiger partial charge is 0.466 e. The fourth-order valence-electron chi connectivity index (χ4n) is 1.24. The SMILES string of the molecule is C=CCC(=CCC)OC(=CCC)CC=C. The van der Waals surface area contributed by atoms with E-state index in [9.17, 15) is 0 Å². The lowest BCUT2D eigenvalue weighted by Gasteiger charge is -2.10. The van der Waals surface area contributed by atoms with Crippen LogP contribution in [0.25, 0.3) is 0 Å². The molecular weight excluding hydrogens is 184 g/mol. The van der Waals surface area contributed by atoms with Crippen molar-refractivity contribution in [3.05, 3.63) is 49.0 Å². The second-order valence-corrected chi connectivity index (χ2v) is 3.25. The van der Waals surface area contributed by atoms with Crippen molar-refractivity contribution in [2.24, 2.45) is 0 Å². The standard InChI is InChI=1S/C14H22O/c1-5-9-13(10-6-2)15-14(11-7-3)12-8-4/h5,7,10,12H,1,3,6,8-9,11H2,2,4H3. The van der Waals surface area contributed by atoms with Crippen LogP contribution in [0.5, 0.6) is 0 Å². The molecule has 0 amide bonds. The maximum absolute atomic E-state index is 5.79. The molecule has 15 heavy (non-hydrogen) atoms. The quantitative estimate of drug-likeness (QED) is 0.411. The van der Waals surface area contributed by atoms with Crippen LogP contribution in [0.1, 0.15) is 39.5 Å². The van der Waals surface area contributed by atoms with Crippen molar-refractivity contribution in [3.63, 3.8) is 0 Å². The molecule has 0 atom stereocenters. The zero-order chi connectivity index (χ0) is 11.5. The Kier molecular flexibility index (Phi) is 8.55. The molecule has 0 aromatic heterocycles. The van der Waals surface area contributed by atoms with E-state index in [4.69, 9.17) is 4.74 Å². The summed E-state index contributed by atoms with van der Waals surface area (Å²) in [5.41, 5.74) is 0. The summed E-state index contributed by atoms with van der Waals surface area (Å²) in [4.78, 5) is 0. The Balaban J connectivity index is 4.45. The molecule has 0 heterocycles. The van der Waals surface area contributed by atoms with E-state index in [0.29, 0.717) is 0 Å². The Morgan fingerprint density at radius 3 is 1.60 bits per heavy atom. The van der Waals surface area contributed by atoms with Gasteiger partial charge in [-0.1, -0.05) is 26.0 Å². The van der Waals surface area contributed by atoms with Crippen LogP contribution in [0.4, 0.5) is 0 Å². The lowest BCUT2D eigenvalue weighted by atomic mass is 10.2. The van der Waals surface area contributed by atoms with Gasteiger partial charge in [-0.3, -0.25) is 0 Å². The fourth-order valence-corrected chi connectivity index (χ4v) is 1.24. The second kappa shape index (κ2) is 9.32. The van der Waals surface area contributed by atoms with Gasteiger partial charge in [0, 0.05) is 12.8 Å². The van der Waals surface area contributed by atoms with E-state index in [1.54, 1.807) is 0 Å². The minimum absolute atomic E-state index is 0.784. The zero-order valence-corrected chi connectivity index (χ0v) is 9.96. The molecule has 0 aromatic carbocycles. The van der Waals surface area contributed by atoms with Crippen LogP contribution in [0.3, 0.4) is 0 Å². The van der Waals surface area contributed by atoms with E-state index in [-0.39, 0.29) is 0 Å². The van der Waals surface area contributed by atoms with Crippen LogP contribution in [0, 0.1) is 0 Å². The van der Waals surface area contributed by atoms with E-state index < -0.39 is 0 Å². The molecule has 1 heteroatoms. The number of ether oxygens (including phenoxy) is 1. The first-order valence-corrected chi connectivity index (χ1v) is 5.56. The predicted octanol–water partition coefficient (Wildman–Crippen LogP) is 4.74. The molecule has 0 aliphatic heterocycles. The highest BCUT2D eigenvalue weighted by Gasteiger charge is 1.99. The van der Waals surface area contributed by atoms with Crippen LogP contribution in [0.15, 0.2) is 49.0 Å². The average molecular weight is 206 g/mol. The van der Waals surface area contributed by atoms with Crippen LogP contribution in [-0.4, -0.2) is 0 Å². The van der Waals surface area contributed by atoms with Gasteiger partial charge in [-0.25, -0.2) is 0 Å². The Morgan fingerprint density at radius 1 is 0.933 bits per heavy atom. The second-order valence-electron chi connectivity index (χ2n) is 3.25. The van der Waals surface area contributed by atoms with E-state index in [1.165, 1.54) is 0 Å². The summed E-state index contributed by atoms with van der Waals surface area (Å²) in [7, 11) is 0. The first kappa shape index (κ1) is 13.8. The molecule has 0 spiro atoms. The molecule has 0 saturated carbocycles. The monoisotopic (exact) mass is 206 g/mol. The zero-order valence-electron chi connectivity index (χ0n) is 9.96. The van der Waals surface area contributed by atoms with Crippen molar-refractivity contribution in [1.82, 2.24) is 0 Å². The molecule has 0 radical (unpaired) electrons. The first-order valence-electron chi connectivity index (χ1n) is 5.56. The molecule has 0 aliphatic rings. The number of rotatable bonds is 8. The van der Waals surface area contributed by atoms with Crippen molar-refractivity contribution in [2.75, 3.05) is 0 Å². The van der Waals surface area contributed by atoms with E-state index in [2.05, 4.69) is 39.2 Å². The topological polar surface area (TPSA) is 9.23 Å². The van der Waals surface area contributed by atoms with Crippen LogP contribution >= 0.6 is 0 Å². The summed E-state index contributed by atoms with van der Waals surface area (Å²) in [6.45, 7) is 11.6. The number of allylic oxidation sites excluding steroid dienone is 4. The van der Waals surface area contributed by atoms with Gasteiger partial charge >= 0.3 is 0 Å². The lowest BCUT2D eigenvalue weighted by Crippen LogP contribution is -1.92. The maximum Gasteiger partial charge on any atom is 0.103 e. The summed E-state index contributed by atoms with van der Waals surface area (Å²) in [5, 5.41) is 0. The van der Waals surface area contributed by atoms with Crippen LogP contribution < -0.4 is 0 Å². The van der Waals surface area contributed by atoms with Crippen LogP contribution in [-0.2, 0) is 4.74 Å². The third-order valence-electron chi connectivity index (χ3n) is 1.82. The van der Waals surface area contributed by atoms with Crippen molar-refractivity contribution in [1.29, 1.82) is 0 Å². The summed E-state index contributed by atoms with van der Waals surface area (Å²) < 4.78 is 5.79. The molecule has 84 valence electrons. The minimum Gasteiger partial charge on any atom is -0.466 e. The normalized spacial score (nSPS) is 12.4. The average Bonchev–Trinajstić information content (AvgIpc) is 2.19. The summed E-state index contributed by atoms with van der Waals surface area (Å²) >= 11 is 0. The van der Waals surface area contributed by atoms with Crippen molar-refractivity contribution in [3.8, 4) is 0 Å². The molecule has 0 N–H and O–H groups in total. The van der Waals surface area contributed by atoms with E-state index in [0.717, 1.165) is 37.2 Å². The van der Waals surface area contributed by atoms with Crippen molar-refractivity contribution in [2.45, 2.75) is 39.5 Å². The molecule has 0 aliphatic carbocycles. The van der Waals surface area contributed by atoms with Gasteiger partial charge in [-0.2, -0.15) is 0 Å². The molecule has 0 saturated heterocycles. The Hall–Kier alpha value is -1.24. The summed E-state index contributed by atoms with van der Waals surface area (Å²) in [5.74, 6) is 1.96. The van der Waals surface area contributed by atoms with Gasteiger partial charge in [0.25, 0.3) is 0 Å². The minimum atomic E-state index is 0.784. The van der Waals surface area contributed by atoms with Gasteiger partial charge in [0.2, 0.25) is 0 Å².